The first-order valence-corrected chi connectivity index (χ1v) is 6.97. The number of likely N-dealkylation sites (tertiary alicyclic amines) is 1. The first-order chi connectivity index (χ1) is 9.81. The second-order valence-corrected chi connectivity index (χ2v) is 6.15. The summed E-state index contributed by atoms with van der Waals surface area (Å²) in [5.41, 5.74) is 0.0447. The van der Waals surface area contributed by atoms with Crippen LogP contribution in [-0.4, -0.2) is 42.6 Å². The second-order valence-electron chi connectivity index (χ2n) is 6.15. The molecule has 0 aromatic heterocycles. The van der Waals surface area contributed by atoms with Crippen molar-refractivity contribution in [1.29, 1.82) is 0 Å². The second kappa shape index (κ2) is 5.76. The van der Waals surface area contributed by atoms with Crippen molar-refractivity contribution in [3.63, 3.8) is 0 Å². The lowest BCUT2D eigenvalue weighted by Gasteiger charge is -2.39. The van der Waals surface area contributed by atoms with Crippen molar-refractivity contribution in [3.05, 3.63) is 29.8 Å². The number of hydrogen-bond acceptors (Lipinski definition) is 4. The summed E-state index contributed by atoms with van der Waals surface area (Å²) in [5.74, 6) is 0.388. The van der Waals surface area contributed by atoms with E-state index in [0.717, 1.165) is 0 Å². The quantitative estimate of drug-likeness (QED) is 0.804. The van der Waals surface area contributed by atoms with Gasteiger partial charge in [0.05, 0.1) is 18.6 Å². The highest BCUT2D eigenvalue weighted by molar-refractivity contribution is 6.01. The van der Waals surface area contributed by atoms with Crippen molar-refractivity contribution in [3.8, 4) is 5.75 Å². The number of benzene rings is 1. The zero-order chi connectivity index (χ0) is 15.6. The Morgan fingerprint density at radius 2 is 1.81 bits per heavy atom. The van der Waals surface area contributed by atoms with Gasteiger partial charge in [-0.3, -0.25) is 4.79 Å². The molecule has 0 spiro atoms. The standard InChI is InChI=1S/C16H21NO4/c1-16(2,3)21-15(19)17-9-11(10-17)14(18)12-7-5-6-8-13(12)20-4/h5-8,11H,9-10H2,1-4H3. The highest BCUT2D eigenvalue weighted by atomic mass is 16.6. The number of ketones is 1. The van der Waals surface area contributed by atoms with Gasteiger partial charge in [-0.1, -0.05) is 12.1 Å². The molecule has 114 valence electrons. The zero-order valence-corrected chi connectivity index (χ0v) is 12.9. The molecule has 0 radical (unpaired) electrons. The minimum Gasteiger partial charge on any atom is -0.496 e. The van der Waals surface area contributed by atoms with Crippen LogP contribution in [0.5, 0.6) is 5.75 Å². The van der Waals surface area contributed by atoms with E-state index < -0.39 is 5.60 Å². The molecule has 0 atom stereocenters. The van der Waals surface area contributed by atoms with Crippen LogP contribution in [0.3, 0.4) is 0 Å². The number of Topliss-reactive ketones (excluding diaryl/α,β-unsaturated/α-hetero) is 1. The van der Waals surface area contributed by atoms with Gasteiger partial charge >= 0.3 is 6.09 Å². The van der Waals surface area contributed by atoms with Gasteiger partial charge in [0.15, 0.2) is 5.78 Å². The van der Waals surface area contributed by atoms with E-state index in [2.05, 4.69) is 0 Å². The molecule has 21 heavy (non-hydrogen) atoms. The first-order valence-electron chi connectivity index (χ1n) is 6.97. The molecule has 1 amide bonds. The Labute approximate surface area is 124 Å². The molecule has 1 aromatic rings. The third-order valence-corrected chi connectivity index (χ3v) is 3.28. The van der Waals surface area contributed by atoms with Crippen LogP contribution in [0.1, 0.15) is 31.1 Å². The van der Waals surface area contributed by atoms with Crippen molar-refractivity contribution in [2.75, 3.05) is 20.2 Å². The summed E-state index contributed by atoms with van der Waals surface area (Å²) in [5, 5.41) is 0. The lowest BCUT2D eigenvalue weighted by atomic mass is 9.90. The molecule has 2 rings (SSSR count). The Morgan fingerprint density at radius 1 is 1.19 bits per heavy atom. The Bertz CT molecular complexity index is 541. The number of para-hydroxylation sites is 1. The topological polar surface area (TPSA) is 55.8 Å². The number of nitrogens with zero attached hydrogens (tertiary/aromatic N) is 1. The monoisotopic (exact) mass is 291 g/mol. The number of methoxy groups -OCH3 is 1. The highest BCUT2D eigenvalue weighted by Crippen LogP contribution is 2.27. The molecule has 1 aromatic carbocycles. The van der Waals surface area contributed by atoms with Crippen LogP contribution in [-0.2, 0) is 4.74 Å². The molecular formula is C16H21NO4. The van der Waals surface area contributed by atoms with Gasteiger partial charge in [-0.2, -0.15) is 0 Å². The number of amides is 1. The van der Waals surface area contributed by atoms with Crippen molar-refractivity contribution >= 4 is 11.9 Å². The summed E-state index contributed by atoms with van der Waals surface area (Å²) in [6.45, 7) is 6.25. The number of carbonyl (C=O) groups is 2. The molecule has 0 saturated carbocycles. The summed E-state index contributed by atoms with van der Waals surface area (Å²) >= 11 is 0. The highest BCUT2D eigenvalue weighted by Gasteiger charge is 2.38. The van der Waals surface area contributed by atoms with Gasteiger partial charge in [-0.15, -0.1) is 0 Å². The van der Waals surface area contributed by atoms with E-state index >= 15 is 0 Å². The van der Waals surface area contributed by atoms with E-state index in [1.807, 2.05) is 26.8 Å². The van der Waals surface area contributed by atoms with Crippen LogP contribution in [0.15, 0.2) is 24.3 Å². The maximum atomic E-state index is 12.4. The molecule has 1 saturated heterocycles. The first kappa shape index (κ1) is 15.4. The van der Waals surface area contributed by atoms with E-state index in [-0.39, 0.29) is 17.8 Å². The Kier molecular flexibility index (Phi) is 4.21. The zero-order valence-electron chi connectivity index (χ0n) is 12.9. The van der Waals surface area contributed by atoms with E-state index in [1.54, 1.807) is 30.2 Å². The van der Waals surface area contributed by atoms with Gasteiger partial charge in [0.1, 0.15) is 11.4 Å². The summed E-state index contributed by atoms with van der Waals surface area (Å²) in [7, 11) is 1.54. The molecule has 5 nitrogen and oxygen atoms in total. The van der Waals surface area contributed by atoms with E-state index in [4.69, 9.17) is 9.47 Å². The summed E-state index contributed by atoms with van der Waals surface area (Å²) in [6, 6.07) is 7.14. The van der Waals surface area contributed by atoms with Gasteiger partial charge in [0.2, 0.25) is 0 Å². The average Bonchev–Trinajstić information content (AvgIpc) is 2.34. The summed E-state index contributed by atoms with van der Waals surface area (Å²) < 4.78 is 10.5. The van der Waals surface area contributed by atoms with Crippen molar-refractivity contribution < 1.29 is 19.1 Å². The van der Waals surface area contributed by atoms with Gasteiger partial charge in [-0.25, -0.2) is 4.79 Å². The maximum absolute atomic E-state index is 12.4. The largest absolute Gasteiger partial charge is 0.496 e. The molecule has 1 heterocycles. The number of hydrogen-bond donors (Lipinski definition) is 0. The minimum atomic E-state index is -0.519. The molecule has 1 aliphatic heterocycles. The van der Waals surface area contributed by atoms with Crippen molar-refractivity contribution in [2.24, 2.45) is 5.92 Å². The van der Waals surface area contributed by atoms with E-state index in [1.165, 1.54) is 0 Å². The molecule has 0 bridgehead atoms. The average molecular weight is 291 g/mol. The minimum absolute atomic E-state index is 0.00672. The lowest BCUT2D eigenvalue weighted by molar-refractivity contribution is 0.00146. The molecule has 5 heteroatoms. The molecule has 0 unspecified atom stereocenters. The lowest BCUT2D eigenvalue weighted by Crippen LogP contribution is -2.54. The molecule has 1 fully saturated rings. The van der Waals surface area contributed by atoms with Crippen LogP contribution >= 0.6 is 0 Å². The van der Waals surface area contributed by atoms with Crippen LogP contribution in [0.4, 0.5) is 4.79 Å². The predicted octanol–water partition coefficient (Wildman–Crippen LogP) is 2.74. The predicted molar refractivity (Wildman–Crippen MR) is 78.6 cm³/mol. The van der Waals surface area contributed by atoms with E-state index in [9.17, 15) is 9.59 Å². The van der Waals surface area contributed by atoms with Gasteiger partial charge in [0.25, 0.3) is 0 Å². The third kappa shape index (κ3) is 3.54. The molecule has 1 aliphatic rings. The fourth-order valence-electron chi connectivity index (χ4n) is 2.19. The SMILES string of the molecule is COc1ccccc1C(=O)C1CN(C(=O)OC(C)(C)C)C1. The number of carbonyl (C=O) groups excluding carboxylic acids is 2. The Morgan fingerprint density at radius 3 is 2.38 bits per heavy atom. The Hall–Kier alpha value is -2.04. The Balaban J connectivity index is 1.95. The van der Waals surface area contributed by atoms with Gasteiger partial charge in [-0.05, 0) is 32.9 Å². The fraction of sp³-hybridized carbons (Fsp3) is 0.500. The maximum Gasteiger partial charge on any atom is 0.410 e. The number of rotatable bonds is 3. The third-order valence-electron chi connectivity index (χ3n) is 3.28. The normalized spacial score (nSPS) is 15.3. The van der Waals surface area contributed by atoms with Crippen LogP contribution in [0, 0.1) is 5.92 Å². The van der Waals surface area contributed by atoms with Crippen molar-refractivity contribution in [2.45, 2.75) is 26.4 Å². The fourth-order valence-corrected chi connectivity index (χ4v) is 2.19. The van der Waals surface area contributed by atoms with E-state index in [0.29, 0.717) is 24.4 Å². The summed E-state index contributed by atoms with van der Waals surface area (Å²) in [4.78, 5) is 25.8. The molecule has 0 N–H and O–H groups in total. The molecular weight excluding hydrogens is 270 g/mol. The van der Waals surface area contributed by atoms with Crippen molar-refractivity contribution in [1.82, 2.24) is 4.90 Å². The molecule has 0 aliphatic carbocycles. The smallest absolute Gasteiger partial charge is 0.410 e. The van der Waals surface area contributed by atoms with Crippen LogP contribution in [0.25, 0.3) is 0 Å². The number of ether oxygens (including phenoxy) is 2. The van der Waals surface area contributed by atoms with Crippen LogP contribution in [0.2, 0.25) is 0 Å². The van der Waals surface area contributed by atoms with Gasteiger partial charge in [0, 0.05) is 13.1 Å². The van der Waals surface area contributed by atoms with Gasteiger partial charge < -0.3 is 14.4 Å². The summed E-state index contributed by atoms with van der Waals surface area (Å²) in [6.07, 6.45) is -0.369. The van der Waals surface area contributed by atoms with Crippen LogP contribution < -0.4 is 4.74 Å².